The van der Waals surface area contributed by atoms with Crippen molar-refractivity contribution in [3.63, 3.8) is 0 Å². The van der Waals surface area contributed by atoms with E-state index in [1.807, 2.05) is 17.0 Å². The van der Waals surface area contributed by atoms with E-state index in [-0.39, 0.29) is 6.10 Å². The van der Waals surface area contributed by atoms with Gasteiger partial charge in [-0.2, -0.15) is 0 Å². The first-order chi connectivity index (χ1) is 6.66. The standard InChI is InChI=1S/C9H11N3OS/c10-9(14)8-3-6(1-2-11-8)12-4-7(13)5-12/h1-3,7,13H,4-5H2,(H2,10,14). The minimum absolute atomic E-state index is 0.212. The van der Waals surface area contributed by atoms with Gasteiger partial charge in [0, 0.05) is 25.0 Å². The number of nitrogens with two attached hydrogens (primary N) is 1. The molecule has 0 aromatic carbocycles. The Hall–Kier alpha value is -1.20. The molecule has 0 unspecified atom stereocenters. The largest absolute Gasteiger partial charge is 0.389 e. The number of nitrogens with zero attached hydrogens (tertiary/aromatic N) is 2. The molecule has 0 aliphatic carbocycles. The van der Waals surface area contributed by atoms with Crippen LogP contribution in [-0.4, -0.2) is 34.3 Å². The van der Waals surface area contributed by atoms with E-state index in [9.17, 15) is 0 Å². The summed E-state index contributed by atoms with van der Waals surface area (Å²) in [5, 5.41) is 9.15. The highest BCUT2D eigenvalue weighted by atomic mass is 32.1. The third-order valence-corrected chi connectivity index (χ3v) is 2.43. The van der Waals surface area contributed by atoms with Crippen LogP contribution in [-0.2, 0) is 0 Å². The molecule has 0 bridgehead atoms. The molecular formula is C9H11N3OS. The van der Waals surface area contributed by atoms with Crippen molar-refractivity contribution in [3.8, 4) is 0 Å². The molecule has 4 nitrogen and oxygen atoms in total. The predicted octanol–water partition coefficient (Wildman–Crippen LogP) is -0.103. The van der Waals surface area contributed by atoms with Crippen LogP contribution in [0.4, 0.5) is 5.69 Å². The Morgan fingerprint density at radius 3 is 2.93 bits per heavy atom. The molecule has 0 spiro atoms. The zero-order chi connectivity index (χ0) is 10.1. The number of aliphatic hydroxyl groups is 1. The van der Waals surface area contributed by atoms with Crippen molar-refractivity contribution in [1.29, 1.82) is 0 Å². The van der Waals surface area contributed by atoms with Crippen molar-refractivity contribution in [2.75, 3.05) is 18.0 Å². The van der Waals surface area contributed by atoms with Gasteiger partial charge in [-0.05, 0) is 12.1 Å². The smallest absolute Gasteiger partial charge is 0.122 e. The van der Waals surface area contributed by atoms with Crippen LogP contribution in [0.5, 0.6) is 0 Å². The van der Waals surface area contributed by atoms with Gasteiger partial charge >= 0.3 is 0 Å². The Kier molecular flexibility index (Phi) is 2.35. The van der Waals surface area contributed by atoms with E-state index >= 15 is 0 Å². The fourth-order valence-corrected chi connectivity index (χ4v) is 1.53. The van der Waals surface area contributed by atoms with Crippen LogP contribution in [0.25, 0.3) is 0 Å². The summed E-state index contributed by atoms with van der Waals surface area (Å²) in [7, 11) is 0. The van der Waals surface area contributed by atoms with Gasteiger partial charge in [-0.15, -0.1) is 0 Å². The highest BCUT2D eigenvalue weighted by molar-refractivity contribution is 7.80. The Labute approximate surface area is 87.4 Å². The molecule has 5 heteroatoms. The summed E-state index contributed by atoms with van der Waals surface area (Å²) in [5.74, 6) is 0. The van der Waals surface area contributed by atoms with E-state index in [4.69, 9.17) is 23.1 Å². The van der Waals surface area contributed by atoms with Gasteiger partial charge in [0.15, 0.2) is 0 Å². The quantitative estimate of drug-likeness (QED) is 0.666. The van der Waals surface area contributed by atoms with Crippen molar-refractivity contribution in [2.45, 2.75) is 6.10 Å². The second kappa shape index (κ2) is 3.51. The molecule has 1 saturated heterocycles. The Morgan fingerprint density at radius 2 is 2.36 bits per heavy atom. The number of β-amino-alcohol motifs (C(OH)–C–C–N with tert-alkyl or cyclic N) is 1. The zero-order valence-electron chi connectivity index (χ0n) is 7.55. The summed E-state index contributed by atoms with van der Waals surface area (Å²) in [6.07, 6.45) is 1.46. The number of aliphatic hydroxyl groups excluding tert-OH is 1. The van der Waals surface area contributed by atoms with Gasteiger partial charge in [-0.3, -0.25) is 4.98 Å². The molecule has 3 N–H and O–H groups in total. The lowest BCUT2D eigenvalue weighted by Crippen LogP contribution is -2.50. The average Bonchev–Trinajstić information content (AvgIpc) is 2.13. The number of rotatable bonds is 2. The maximum absolute atomic E-state index is 9.15. The Balaban J connectivity index is 2.18. The van der Waals surface area contributed by atoms with E-state index in [1.165, 1.54) is 0 Å². The topological polar surface area (TPSA) is 62.4 Å². The first-order valence-electron chi connectivity index (χ1n) is 4.35. The third-order valence-electron chi connectivity index (χ3n) is 2.22. The van der Waals surface area contributed by atoms with Crippen LogP contribution < -0.4 is 10.6 Å². The zero-order valence-corrected chi connectivity index (χ0v) is 8.37. The molecule has 0 atom stereocenters. The third kappa shape index (κ3) is 1.69. The van der Waals surface area contributed by atoms with E-state index in [0.717, 1.165) is 5.69 Å². The van der Waals surface area contributed by atoms with Gasteiger partial charge in [0.2, 0.25) is 0 Å². The molecule has 14 heavy (non-hydrogen) atoms. The second-order valence-electron chi connectivity index (χ2n) is 3.32. The number of hydrogen-bond acceptors (Lipinski definition) is 4. The highest BCUT2D eigenvalue weighted by Crippen LogP contribution is 2.20. The first kappa shape index (κ1) is 9.36. The number of pyridine rings is 1. The van der Waals surface area contributed by atoms with Crippen molar-refractivity contribution in [1.82, 2.24) is 4.98 Å². The van der Waals surface area contributed by atoms with Crippen molar-refractivity contribution >= 4 is 22.9 Å². The molecule has 74 valence electrons. The van der Waals surface area contributed by atoms with E-state index < -0.39 is 0 Å². The molecule has 0 saturated carbocycles. The molecule has 2 heterocycles. The minimum Gasteiger partial charge on any atom is -0.389 e. The summed E-state index contributed by atoms with van der Waals surface area (Å²) in [6.45, 7) is 1.33. The molecule has 1 aromatic heterocycles. The summed E-state index contributed by atoms with van der Waals surface area (Å²) in [5.41, 5.74) is 7.10. The number of aromatic nitrogens is 1. The second-order valence-corrected chi connectivity index (χ2v) is 3.76. The van der Waals surface area contributed by atoms with Gasteiger partial charge < -0.3 is 15.7 Å². The van der Waals surface area contributed by atoms with Gasteiger partial charge in [-0.1, -0.05) is 12.2 Å². The molecule has 2 rings (SSSR count). The normalized spacial score (nSPS) is 16.5. The molecule has 0 radical (unpaired) electrons. The summed E-state index contributed by atoms with van der Waals surface area (Å²) in [6, 6.07) is 3.72. The number of thiocarbonyl (C=S) groups is 1. The highest BCUT2D eigenvalue weighted by Gasteiger charge is 2.24. The molecule has 1 aliphatic heterocycles. The average molecular weight is 209 g/mol. The van der Waals surface area contributed by atoms with Crippen molar-refractivity contribution in [3.05, 3.63) is 24.0 Å². The number of hydrogen-bond donors (Lipinski definition) is 2. The summed E-state index contributed by atoms with van der Waals surface area (Å²) < 4.78 is 0. The molecule has 1 aromatic rings. The monoisotopic (exact) mass is 209 g/mol. The van der Waals surface area contributed by atoms with Gasteiger partial charge in [-0.25, -0.2) is 0 Å². The van der Waals surface area contributed by atoms with Crippen LogP contribution in [0.2, 0.25) is 0 Å². The van der Waals surface area contributed by atoms with E-state index in [1.54, 1.807) is 6.20 Å². The van der Waals surface area contributed by atoms with Crippen LogP contribution in [0.3, 0.4) is 0 Å². The van der Waals surface area contributed by atoms with E-state index in [2.05, 4.69) is 4.98 Å². The Bertz CT molecular complexity index is 363. The van der Waals surface area contributed by atoms with Crippen LogP contribution in [0.15, 0.2) is 18.3 Å². The lowest BCUT2D eigenvalue weighted by molar-refractivity contribution is 0.142. The van der Waals surface area contributed by atoms with Crippen molar-refractivity contribution in [2.24, 2.45) is 5.73 Å². The minimum atomic E-state index is -0.212. The maximum atomic E-state index is 9.15. The van der Waals surface area contributed by atoms with Gasteiger partial charge in [0.25, 0.3) is 0 Å². The fourth-order valence-electron chi connectivity index (χ4n) is 1.42. The van der Waals surface area contributed by atoms with Crippen LogP contribution in [0.1, 0.15) is 5.69 Å². The molecular weight excluding hydrogens is 198 g/mol. The predicted molar refractivity (Wildman–Crippen MR) is 58.3 cm³/mol. The van der Waals surface area contributed by atoms with Crippen molar-refractivity contribution < 1.29 is 5.11 Å². The lowest BCUT2D eigenvalue weighted by Gasteiger charge is -2.37. The number of anilines is 1. The lowest BCUT2D eigenvalue weighted by atomic mass is 10.1. The SMILES string of the molecule is NC(=S)c1cc(N2CC(O)C2)ccn1. The maximum Gasteiger partial charge on any atom is 0.122 e. The van der Waals surface area contributed by atoms with Gasteiger partial charge in [0.05, 0.1) is 11.8 Å². The van der Waals surface area contributed by atoms with E-state index in [0.29, 0.717) is 23.8 Å². The summed E-state index contributed by atoms with van der Waals surface area (Å²) in [4.78, 5) is 6.39. The molecule has 1 fully saturated rings. The first-order valence-corrected chi connectivity index (χ1v) is 4.76. The van der Waals surface area contributed by atoms with Crippen LogP contribution in [0, 0.1) is 0 Å². The van der Waals surface area contributed by atoms with Crippen LogP contribution >= 0.6 is 12.2 Å². The van der Waals surface area contributed by atoms with Gasteiger partial charge in [0.1, 0.15) is 4.99 Å². The molecule has 0 amide bonds. The summed E-state index contributed by atoms with van der Waals surface area (Å²) >= 11 is 4.83. The Morgan fingerprint density at radius 1 is 1.64 bits per heavy atom. The molecule has 1 aliphatic rings. The fraction of sp³-hybridized carbons (Fsp3) is 0.333.